The van der Waals surface area contributed by atoms with E-state index >= 15 is 0 Å². The molecule has 1 aromatic heterocycles. The molecule has 0 aliphatic carbocycles. The number of nitrogens with one attached hydrogen (secondary N) is 1. The molecule has 6 heteroatoms. The summed E-state index contributed by atoms with van der Waals surface area (Å²) in [6.45, 7) is 5.68. The minimum atomic E-state index is -3.26. The summed E-state index contributed by atoms with van der Waals surface area (Å²) in [6, 6.07) is 16.1. The van der Waals surface area contributed by atoms with Gasteiger partial charge in [-0.2, -0.15) is 4.31 Å². The lowest BCUT2D eigenvalue weighted by atomic mass is 10.1. The maximum absolute atomic E-state index is 12.7. The first-order chi connectivity index (χ1) is 13.5. The van der Waals surface area contributed by atoms with Gasteiger partial charge in [0.2, 0.25) is 10.0 Å². The number of benzene rings is 2. The lowest BCUT2D eigenvalue weighted by Gasteiger charge is -2.34. The van der Waals surface area contributed by atoms with Crippen molar-refractivity contribution in [1.29, 1.82) is 0 Å². The molecule has 1 saturated heterocycles. The molecule has 1 N–H and O–H groups in total. The molecular weight excluding hydrogens is 370 g/mol. The van der Waals surface area contributed by atoms with Gasteiger partial charge in [0.1, 0.15) is 0 Å². The molecule has 2 heterocycles. The Morgan fingerprint density at radius 1 is 0.964 bits per heavy atom. The highest BCUT2D eigenvalue weighted by Gasteiger charge is 2.27. The quantitative estimate of drug-likeness (QED) is 0.695. The fourth-order valence-corrected chi connectivity index (χ4v) is 5.35. The molecule has 0 unspecified atom stereocenters. The highest BCUT2D eigenvalue weighted by Crippen LogP contribution is 2.19. The summed E-state index contributed by atoms with van der Waals surface area (Å²) in [5, 5.41) is 1.28. The number of aryl methyl sites for hydroxylation is 1. The Bertz CT molecular complexity index is 1030. The summed E-state index contributed by atoms with van der Waals surface area (Å²) in [5.41, 5.74) is 4.49. The highest BCUT2D eigenvalue weighted by atomic mass is 32.2. The van der Waals surface area contributed by atoms with Gasteiger partial charge in [-0.1, -0.05) is 48.0 Å². The van der Waals surface area contributed by atoms with Gasteiger partial charge in [0, 0.05) is 49.8 Å². The summed E-state index contributed by atoms with van der Waals surface area (Å²) in [6.07, 6.45) is 3.06. The number of H-pyrrole nitrogens is 1. The highest BCUT2D eigenvalue weighted by molar-refractivity contribution is 7.88. The van der Waals surface area contributed by atoms with E-state index in [1.54, 1.807) is 4.31 Å². The van der Waals surface area contributed by atoms with Gasteiger partial charge in [-0.25, -0.2) is 8.42 Å². The number of aromatic amines is 1. The molecule has 0 bridgehead atoms. The largest absolute Gasteiger partial charge is 0.361 e. The Hall–Kier alpha value is -2.15. The summed E-state index contributed by atoms with van der Waals surface area (Å²) in [7, 11) is -3.26. The predicted molar refractivity (Wildman–Crippen MR) is 114 cm³/mol. The molecule has 148 valence electrons. The van der Waals surface area contributed by atoms with E-state index in [1.807, 2.05) is 37.3 Å². The van der Waals surface area contributed by atoms with E-state index < -0.39 is 10.0 Å². The van der Waals surface area contributed by atoms with Crippen molar-refractivity contribution < 1.29 is 8.42 Å². The Morgan fingerprint density at radius 2 is 1.68 bits per heavy atom. The second-order valence-corrected chi connectivity index (χ2v) is 9.56. The van der Waals surface area contributed by atoms with Crippen molar-refractivity contribution in [3.05, 3.63) is 71.4 Å². The van der Waals surface area contributed by atoms with Crippen LogP contribution >= 0.6 is 0 Å². The van der Waals surface area contributed by atoms with E-state index in [4.69, 9.17) is 0 Å². The zero-order valence-electron chi connectivity index (χ0n) is 16.3. The van der Waals surface area contributed by atoms with Gasteiger partial charge >= 0.3 is 0 Å². The summed E-state index contributed by atoms with van der Waals surface area (Å²) in [5.74, 6) is 0.0859. The van der Waals surface area contributed by atoms with Crippen molar-refractivity contribution in [2.24, 2.45) is 0 Å². The van der Waals surface area contributed by atoms with Gasteiger partial charge in [0.15, 0.2) is 0 Å². The molecule has 4 rings (SSSR count). The van der Waals surface area contributed by atoms with Gasteiger partial charge < -0.3 is 9.88 Å². The molecule has 0 spiro atoms. The van der Waals surface area contributed by atoms with Crippen LogP contribution in [0.15, 0.2) is 54.7 Å². The van der Waals surface area contributed by atoms with Crippen molar-refractivity contribution in [3.8, 4) is 0 Å². The van der Waals surface area contributed by atoms with Gasteiger partial charge in [-0.05, 0) is 30.5 Å². The molecule has 1 aliphatic rings. The minimum absolute atomic E-state index is 0.0859. The Morgan fingerprint density at radius 3 is 2.43 bits per heavy atom. The van der Waals surface area contributed by atoms with Crippen LogP contribution < -0.4 is 0 Å². The van der Waals surface area contributed by atoms with E-state index in [1.165, 1.54) is 16.5 Å². The van der Waals surface area contributed by atoms with Crippen LogP contribution in [0.5, 0.6) is 0 Å². The van der Waals surface area contributed by atoms with Crippen LogP contribution in [0.4, 0.5) is 0 Å². The molecule has 5 nitrogen and oxygen atoms in total. The van der Waals surface area contributed by atoms with E-state index in [0.717, 1.165) is 37.2 Å². The van der Waals surface area contributed by atoms with Gasteiger partial charge in [0.05, 0.1) is 5.75 Å². The van der Waals surface area contributed by atoms with Crippen molar-refractivity contribution in [2.45, 2.75) is 19.1 Å². The van der Waals surface area contributed by atoms with E-state index in [2.05, 4.69) is 34.3 Å². The molecule has 0 radical (unpaired) electrons. The monoisotopic (exact) mass is 397 g/mol. The van der Waals surface area contributed by atoms with Crippen molar-refractivity contribution >= 4 is 20.9 Å². The van der Waals surface area contributed by atoms with Gasteiger partial charge in [-0.15, -0.1) is 0 Å². The second kappa shape index (κ2) is 8.07. The van der Waals surface area contributed by atoms with Crippen molar-refractivity contribution in [2.75, 3.05) is 32.7 Å². The number of rotatable bonds is 6. The number of piperazine rings is 1. The number of sulfonamides is 1. The number of para-hydroxylation sites is 1. The van der Waals surface area contributed by atoms with Crippen molar-refractivity contribution in [3.63, 3.8) is 0 Å². The number of nitrogens with zero attached hydrogens (tertiary/aromatic N) is 2. The lowest BCUT2D eigenvalue weighted by molar-refractivity contribution is 0.190. The SMILES string of the molecule is Cc1ccc(CS(=O)(=O)N2CCN(CCc3c[nH]c4ccccc34)CC2)cc1. The van der Waals surface area contributed by atoms with E-state index in [9.17, 15) is 8.42 Å². The summed E-state index contributed by atoms with van der Waals surface area (Å²) in [4.78, 5) is 5.68. The number of aromatic nitrogens is 1. The fourth-order valence-electron chi connectivity index (χ4n) is 3.83. The number of fused-ring (bicyclic) bond motifs is 1. The fraction of sp³-hybridized carbons (Fsp3) is 0.364. The average molecular weight is 398 g/mol. The number of hydrogen-bond donors (Lipinski definition) is 1. The topological polar surface area (TPSA) is 56.4 Å². The Kier molecular flexibility index (Phi) is 5.53. The van der Waals surface area contributed by atoms with Gasteiger partial charge in [-0.3, -0.25) is 0 Å². The van der Waals surface area contributed by atoms with Crippen LogP contribution in [0.2, 0.25) is 0 Å². The maximum Gasteiger partial charge on any atom is 0.218 e. The first kappa shape index (κ1) is 19.2. The van der Waals surface area contributed by atoms with E-state index in [0.29, 0.717) is 13.1 Å². The van der Waals surface area contributed by atoms with E-state index in [-0.39, 0.29) is 5.75 Å². The third-order valence-corrected chi connectivity index (χ3v) is 7.42. The van der Waals surface area contributed by atoms with Crippen molar-refractivity contribution in [1.82, 2.24) is 14.2 Å². The molecule has 3 aromatic rings. The average Bonchev–Trinajstić information content (AvgIpc) is 3.11. The van der Waals surface area contributed by atoms with Crippen LogP contribution in [0.25, 0.3) is 10.9 Å². The number of hydrogen-bond acceptors (Lipinski definition) is 3. The van der Waals surface area contributed by atoms with Crippen LogP contribution in [-0.2, 0) is 22.2 Å². The normalized spacial score (nSPS) is 16.6. The molecule has 0 amide bonds. The molecule has 2 aromatic carbocycles. The second-order valence-electron chi connectivity index (χ2n) is 7.59. The first-order valence-electron chi connectivity index (χ1n) is 9.82. The maximum atomic E-state index is 12.7. The lowest BCUT2D eigenvalue weighted by Crippen LogP contribution is -2.49. The third-order valence-electron chi connectivity index (χ3n) is 5.57. The van der Waals surface area contributed by atoms with Crippen LogP contribution in [0.1, 0.15) is 16.7 Å². The predicted octanol–water partition coefficient (Wildman–Crippen LogP) is 3.17. The Balaban J connectivity index is 1.31. The van der Waals surface area contributed by atoms with Crippen LogP contribution in [-0.4, -0.2) is 55.3 Å². The third kappa shape index (κ3) is 4.29. The minimum Gasteiger partial charge on any atom is -0.361 e. The zero-order chi connectivity index (χ0) is 19.6. The molecule has 28 heavy (non-hydrogen) atoms. The zero-order valence-corrected chi connectivity index (χ0v) is 17.1. The molecular formula is C22H27N3O2S. The molecule has 1 aliphatic heterocycles. The standard InChI is InChI=1S/C22H27N3O2S/c1-18-6-8-19(9-7-18)17-28(26,27)25-14-12-24(13-15-25)11-10-20-16-23-22-5-3-2-4-21(20)22/h2-9,16,23H,10-15,17H2,1H3. The van der Waals surface area contributed by atoms with Gasteiger partial charge in [0.25, 0.3) is 0 Å². The Labute approximate surface area is 167 Å². The molecule has 1 fully saturated rings. The summed E-state index contributed by atoms with van der Waals surface area (Å²) >= 11 is 0. The van der Waals surface area contributed by atoms with Crippen LogP contribution in [0.3, 0.4) is 0 Å². The smallest absolute Gasteiger partial charge is 0.218 e. The summed E-state index contributed by atoms with van der Waals surface area (Å²) < 4.78 is 27.1. The van der Waals surface area contributed by atoms with Crippen LogP contribution in [0, 0.1) is 6.92 Å². The first-order valence-corrected chi connectivity index (χ1v) is 11.4. The molecule has 0 atom stereocenters. The molecule has 0 saturated carbocycles.